The summed E-state index contributed by atoms with van der Waals surface area (Å²) in [6, 6.07) is 15.3. The number of aromatic nitrogens is 1. The number of anilines is 1. The van der Waals surface area contributed by atoms with Crippen LogP contribution in [0.25, 0.3) is 9.53 Å². The number of esters is 2. The number of thiophene rings is 1. The zero-order valence-electron chi connectivity index (χ0n) is 27.1. The van der Waals surface area contributed by atoms with E-state index in [-0.39, 0.29) is 12.6 Å². The van der Waals surface area contributed by atoms with Crippen LogP contribution in [0.1, 0.15) is 50.5 Å². The molecule has 1 N–H and O–H groups in total. The van der Waals surface area contributed by atoms with Gasteiger partial charge in [0.1, 0.15) is 22.2 Å². The fourth-order valence-corrected chi connectivity index (χ4v) is 6.26. The molecular formula is C35H40N6O5S2. The number of hydrogen-bond acceptors (Lipinski definition) is 13. The van der Waals surface area contributed by atoms with Crippen LogP contribution in [0.2, 0.25) is 0 Å². The zero-order chi connectivity index (χ0) is 34.0. The van der Waals surface area contributed by atoms with Gasteiger partial charge in [0.05, 0.1) is 29.3 Å². The first kappa shape index (κ1) is 36.1. The first-order valence-electron chi connectivity index (χ1n) is 15.8. The minimum atomic E-state index is -0.440. The van der Waals surface area contributed by atoms with Gasteiger partial charge in [0, 0.05) is 24.4 Å². The Balaban J connectivity index is 1.14. The lowest BCUT2D eigenvalue weighted by molar-refractivity contribution is -0.138. The second-order valence-corrected chi connectivity index (χ2v) is 12.7. The Bertz CT molecular complexity index is 1680. The summed E-state index contributed by atoms with van der Waals surface area (Å²) in [6.45, 7) is 10.6. The fraction of sp³-hybridized carbons (Fsp3) is 0.343. The van der Waals surface area contributed by atoms with Crippen LogP contribution in [0, 0.1) is 6.92 Å². The van der Waals surface area contributed by atoms with Gasteiger partial charge in [-0.1, -0.05) is 67.9 Å². The number of fused-ring (bicyclic) bond motifs is 1. The average Bonchev–Trinajstić information content (AvgIpc) is 3.66. The van der Waals surface area contributed by atoms with E-state index >= 15 is 0 Å². The number of thiazole rings is 1. The van der Waals surface area contributed by atoms with Crippen molar-refractivity contribution in [1.29, 1.82) is 0 Å². The van der Waals surface area contributed by atoms with E-state index in [1.165, 1.54) is 41.6 Å². The number of unbranched alkanes of at least 4 members (excludes halogenated alkanes) is 6. The van der Waals surface area contributed by atoms with Gasteiger partial charge in [-0.2, -0.15) is 0 Å². The van der Waals surface area contributed by atoms with E-state index in [1.807, 2.05) is 55.5 Å². The van der Waals surface area contributed by atoms with Crippen molar-refractivity contribution in [2.75, 3.05) is 31.7 Å². The lowest BCUT2D eigenvalue weighted by Gasteiger charge is -2.08. The summed E-state index contributed by atoms with van der Waals surface area (Å²) in [6.07, 6.45) is 9.93. The number of azo groups is 2. The highest BCUT2D eigenvalue weighted by Crippen LogP contribution is 2.39. The SMILES string of the molecule is C=CC(=O)OCCCCCCCCCOc1ccc(/N=N/c2cc3sc(/N=N/c4ccc(NCCOC(=O)C=C)cc4C)nc3s2)cc1. The van der Waals surface area contributed by atoms with Gasteiger partial charge in [0.25, 0.3) is 0 Å². The van der Waals surface area contributed by atoms with E-state index in [4.69, 9.17) is 14.2 Å². The molecule has 11 nitrogen and oxygen atoms in total. The van der Waals surface area contributed by atoms with Gasteiger partial charge >= 0.3 is 11.9 Å². The Morgan fingerprint density at radius 1 is 0.792 bits per heavy atom. The van der Waals surface area contributed by atoms with E-state index in [1.54, 1.807) is 0 Å². The summed E-state index contributed by atoms with van der Waals surface area (Å²) < 4.78 is 16.8. The van der Waals surface area contributed by atoms with Gasteiger partial charge in [-0.25, -0.2) is 14.6 Å². The molecule has 0 aliphatic heterocycles. The number of ether oxygens (including phenoxy) is 3. The van der Waals surface area contributed by atoms with E-state index < -0.39 is 5.97 Å². The predicted molar refractivity (Wildman–Crippen MR) is 192 cm³/mol. The van der Waals surface area contributed by atoms with E-state index in [2.05, 4.69) is 43.9 Å². The Morgan fingerprint density at radius 2 is 1.48 bits per heavy atom. The molecule has 0 saturated carbocycles. The van der Waals surface area contributed by atoms with Crippen molar-refractivity contribution < 1.29 is 23.8 Å². The number of carbonyl (C=O) groups excluding carboxylic acids is 2. The number of benzene rings is 2. The molecule has 0 saturated heterocycles. The van der Waals surface area contributed by atoms with Crippen molar-refractivity contribution in [3.63, 3.8) is 0 Å². The fourth-order valence-electron chi connectivity index (χ4n) is 4.41. The monoisotopic (exact) mass is 688 g/mol. The standard InChI is InChI=1S/C35H40N6O5S2/c1-4-32(42)45-21-12-10-8-6-7-9-11-20-44-28-16-13-26(14-17-28)38-40-31-24-30-34(48-31)37-35(47-30)41-39-29-18-15-27(23-25(29)3)36-19-22-46-33(43)5-2/h4-5,13-18,23-24,36H,1-2,6-12,19-22H2,3H3/b40-38+,41-39+. The summed E-state index contributed by atoms with van der Waals surface area (Å²) in [4.78, 5) is 27.5. The number of aryl methyl sites for hydroxylation is 1. The summed E-state index contributed by atoms with van der Waals surface area (Å²) >= 11 is 2.90. The molecule has 4 aromatic rings. The zero-order valence-corrected chi connectivity index (χ0v) is 28.7. The second kappa shape index (κ2) is 19.8. The number of carbonyl (C=O) groups is 2. The minimum absolute atomic E-state index is 0.253. The van der Waals surface area contributed by atoms with Crippen LogP contribution in [0.5, 0.6) is 5.75 Å². The van der Waals surface area contributed by atoms with Gasteiger partial charge in [0.15, 0.2) is 0 Å². The lowest BCUT2D eigenvalue weighted by atomic mass is 10.1. The number of rotatable bonds is 21. The van der Waals surface area contributed by atoms with Crippen molar-refractivity contribution in [3.8, 4) is 5.75 Å². The van der Waals surface area contributed by atoms with E-state index in [0.717, 1.165) is 81.1 Å². The molecule has 0 spiro atoms. The van der Waals surface area contributed by atoms with Crippen molar-refractivity contribution in [2.45, 2.75) is 51.9 Å². The van der Waals surface area contributed by atoms with Crippen LogP contribution in [0.3, 0.4) is 0 Å². The topological polar surface area (TPSA) is 136 Å². The maximum Gasteiger partial charge on any atom is 0.330 e. The minimum Gasteiger partial charge on any atom is -0.494 e. The summed E-state index contributed by atoms with van der Waals surface area (Å²) in [7, 11) is 0. The van der Waals surface area contributed by atoms with Crippen molar-refractivity contribution in [1.82, 2.24) is 4.98 Å². The van der Waals surface area contributed by atoms with Crippen LogP contribution in [0.4, 0.5) is 27.2 Å². The normalized spacial score (nSPS) is 11.3. The molecule has 0 radical (unpaired) electrons. The Labute approximate surface area is 288 Å². The maximum absolute atomic E-state index is 11.1. The Kier molecular flexibility index (Phi) is 14.9. The molecule has 0 aliphatic rings. The predicted octanol–water partition coefficient (Wildman–Crippen LogP) is 10.5. The lowest BCUT2D eigenvalue weighted by Crippen LogP contribution is -2.12. The van der Waals surface area contributed by atoms with Crippen LogP contribution in [-0.2, 0) is 19.1 Å². The van der Waals surface area contributed by atoms with Gasteiger partial charge in [0.2, 0.25) is 5.13 Å². The van der Waals surface area contributed by atoms with Gasteiger partial charge in [-0.05, 0) is 73.9 Å². The molecule has 48 heavy (non-hydrogen) atoms. The molecule has 4 rings (SSSR count). The Hall–Kier alpha value is -4.75. The molecule has 0 fully saturated rings. The van der Waals surface area contributed by atoms with Gasteiger partial charge in [-0.15, -0.1) is 20.5 Å². The molecule has 0 aliphatic carbocycles. The number of hydrogen-bond donors (Lipinski definition) is 1. The van der Waals surface area contributed by atoms with Crippen molar-refractivity contribution >= 4 is 71.3 Å². The molecule has 2 heterocycles. The molecule has 0 atom stereocenters. The first-order chi connectivity index (χ1) is 23.4. The maximum atomic E-state index is 11.1. The van der Waals surface area contributed by atoms with Gasteiger partial charge in [-0.3, -0.25) is 0 Å². The molecule has 0 bridgehead atoms. The van der Waals surface area contributed by atoms with Gasteiger partial charge < -0.3 is 19.5 Å². The van der Waals surface area contributed by atoms with E-state index in [0.29, 0.717) is 24.9 Å². The third-order valence-corrected chi connectivity index (χ3v) is 8.85. The highest BCUT2D eigenvalue weighted by Gasteiger charge is 2.09. The summed E-state index contributed by atoms with van der Waals surface area (Å²) in [5.74, 6) is 0.0253. The first-order valence-corrected chi connectivity index (χ1v) is 17.5. The quantitative estimate of drug-likeness (QED) is 0.0398. The largest absolute Gasteiger partial charge is 0.494 e. The molecule has 2 aromatic carbocycles. The average molecular weight is 689 g/mol. The van der Waals surface area contributed by atoms with Crippen LogP contribution >= 0.6 is 22.7 Å². The summed E-state index contributed by atoms with van der Waals surface area (Å²) in [5.41, 5.74) is 3.34. The third kappa shape index (κ3) is 12.5. The molecule has 13 heteroatoms. The molecule has 0 unspecified atom stereocenters. The van der Waals surface area contributed by atoms with Crippen molar-refractivity contribution in [3.05, 3.63) is 79.4 Å². The Morgan fingerprint density at radius 3 is 2.17 bits per heavy atom. The molecule has 0 amide bonds. The number of nitrogens with one attached hydrogen (secondary N) is 1. The highest BCUT2D eigenvalue weighted by molar-refractivity contribution is 7.30. The third-order valence-electron chi connectivity index (χ3n) is 6.92. The molecular weight excluding hydrogens is 649 g/mol. The van der Waals surface area contributed by atoms with Crippen LogP contribution in [-0.4, -0.2) is 43.3 Å². The number of nitrogens with zero attached hydrogens (tertiary/aromatic N) is 5. The molecule has 2 aromatic heterocycles. The summed E-state index contributed by atoms with van der Waals surface area (Å²) in [5, 5.41) is 22.0. The molecule has 252 valence electrons. The highest BCUT2D eigenvalue weighted by atomic mass is 32.1. The van der Waals surface area contributed by atoms with Crippen LogP contribution < -0.4 is 10.1 Å². The second-order valence-electron chi connectivity index (χ2n) is 10.6. The van der Waals surface area contributed by atoms with Crippen LogP contribution in [0.15, 0.2) is 94.3 Å². The smallest absolute Gasteiger partial charge is 0.330 e. The van der Waals surface area contributed by atoms with Crippen molar-refractivity contribution in [2.24, 2.45) is 20.5 Å². The van der Waals surface area contributed by atoms with E-state index in [9.17, 15) is 9.59 Å².